The monoisotopic (exact) mass is 418 g/mol. The van der Waals surface area contributed by atoms with Crippen LogP contribution in [0.25, 0.3) is 10.9 Å². The van der Waals surface area contributed by atoms with Gasteiger partial charge in [-0.25, -0.2) is 4.98 Å². The average Bonchev–Trinajstić information content (AvgIpc) is 2.68. The van der Waals surface area contributed by atoms with Crippen LogP contribution in [0.4, 0.5) is 0 Å². The number of halogens is 1. The smallest absolute Gasteiger partial charge is 0.262 e. The fourth-order valence-corrected chi connectivity index (χ4v) is 3.77. The molecular formula is C20H19ClN2O4S. The van der Waals surface area contributed by atoms with Gasteiger partial charge in [0, 0.05) is 10.6 Å². The number of ether oxygens (including phenoxy) is 1. The second-order valence-electron chi connectivity index (χ2n) is 6.26. The Morgan fingerprint density at radius 3 is 2.64 bits per heavy atom. The number of methoxy groups -OCH3 is 1. The summed E-state index contributed by atoms with van der Waals surface area (Å²) < 4.78 is 6.49. The van der Waals surface area contributed by atoms with Gasteiger partial charge in [0.15, 0.2) is 10.9 Å². The summed E-state index contributed by atoms with van der Waals surface area (Å²) in [5, 5.41) is 11.0. The van der Waals surface area contributed by atoms with Gasteiger partial charge in [-0.15, -0.1) is 0 Å². The summed E-state index contributed by atoms with van der Waals surface area (Å²) in [6.07, 6.45) is -0.735. The first-order valence-electron chi connectivity index (χ1n) is 8.57. The zero-order valence-corrected chi connectivity index (χ0v) is 17.0. The molecule has 1 heterocycles. The van der Waals surface area contributed by atoms with Gasteiger partial charge in [0.1, 0.15) is 5.75 Å². The van der Waals surface area contributed by atoms with E-state index in [2.05, 4.69) is 4.98 Å². The number of carbonyl (C=O) groups excluding carboxylic acids is 1. The Bertz CT molecular complexity index is 1060. The quantitative estimate of drug-likeness (QED) is 0.359. The molecule has 146 valence electrons. The number of hydrogen-bond acceptors (Lipinski definition) is 6. The minimum absolute atomic E-state index is 0.0868. The van der Waals surface area contributed by atoms with Gasteiger partial charge < -0.3 is 9.84 Å². The van der Waals surface area contributed by atoms with Crippen molar-refractivity contribution in [3.63, 3.8) is 0 Å². The van der Waals surface area contributed by atoms with Crippen molar-refractivity contribution in [1.29, 1.82) is 0 Å². The fourth-order valence-electron chi connectivity index (χ4n) is 2.70. The molecular weight excluding hydrogens is 400 g/mol. The van der Waals surface area contributed by atoms with Crippen LogP contribution in [0.15, 0.2) is 52.4 Å². The molecule has 0 radical (unpaired) electrons. The Balaban J connectivity index is 1.91. The molecule has 0 saturated carbocycles. The lowest BCUT2D eigenvalue weighted by Gasteiger charge is -2.14. The zero-order valence-electron chi connectivity index (χ0n) is 15.4. The van der Waals surface area contributed by atoms with Crippen molar-refractivity contribution in [1.82, 2.24) is 9.55 Å². The third-order valence-electron chi connectivity index (χ3n) is 4.07. The highest BCUT2D eigenvalue weighted by Gasteiger charge is 2.16. The van der Waals surface area contributed by atoms with Crippen LogP contribution in [0.1, 0.15) is 17.3 Å². The van der Waals surface area contributed by atoms with Gasteiger partial charge in [0.2, 0.25) is 0 Å². The molecule has 2 aromatic carbocycles. The fraction of sp³-hybridized carbons (Fsp3) is 0.250. The van der Waals surface area contributed by atoms with Crippen LogP contribution in [-0.2, 0) is 6.54 Å². The number of hydrogen-bond donors (Lipinski definition) is 1. The molecule has 0 aliphatic heterocycles. The minimum atomic E-state index is -0.735. The second-order valence-corrected chi connectivity index (χ2v) is 7.64. The van der Waals surface area contributed by atoms with E-state index >= 15 is 0 Å². The van der Waals surface area contributed by atoms with Crippen molar-refractivity contribution in [2.45, 2.75) is 24.7 Å². The Kier molecular flexibility index (Phi) is 6.39. The molecule has 3 aromatic rings. The van der Waals surface area contributed by atoms with Crippen LogP contribution >= 0.6 is 23.4 Å². The summed E-state index contributed by atoms with van der Waals surface area (Å²) >= 11 is 7.17. The van der Waals surface area contributed by atoms with E-state index in [1.54, 1.807) is 56.5 Å². The van der Waals surface area contributed by atoms with Gasteiger partial charge in [0.05, 0.1) is 36.4 Å². The number of Topliss-reactive ketones (excluding diaryl/α,β-unsaturated/α-hetero) is 1. The van der Waals surface area contributed by atoms with E-state index in [1.807, 2.05) is 0 Å². The highest BCUT2D eigenvalue weighted by molar-refractivity contribution is 7.99. The lowest BCUT2D eigenvalue weighted by molar-refractivity contribution is 0.102. The molecule has 0 saturated heterocycles. The molecule has 28 heavy (non-hydrogen) atoms. The summed E-state index contributed by atoms with van der Waals surface area (Å²) in [6.45, 7) is 1.68. The maximum Gasteiger partial charge on any atom is 0.262 e. The van der Waals surface area contributed by atoms with E-state index in [0.717, 1.165) is 11.8 Å². The predicted octanol–water partition coefficient (Wildman–Crippen LogP) is 3.41. The van der Waals surface area contributed by atoms with Crippen molar-refractivity contribution in [3.05, 3.63) is 63.4 Å². The molecule has 1 N–H and O–H groups in total. The number of aromatic nitrogens is 2. The van der Waals surface area contributed by atoms with Crippen molar-refractivity contribution < 1.29 is 14.6 Å². The summed E-state index contributed by atoms with van der Waals surface area (Å²) in [6, 6.07) is 11.7. The maximum atomic E-state index is 12.8. The lowest BCUT2D eigenvalue weighted by Crippen LogP contribution is -2.28. The lowest BCUT2D eigenvalue weighted by atomic mass is 10.1. The molecule has 8 heteroatoms. The Morgan fingerprint density at radius 1 is 1.29 bits per heavy atom. The largest absolute Gasteiger partial charge is 0.497 e. The standard InChI is InChI=1S/C20H19ClN2O4S/c1-12(24)10-23-19(26)16-8-5-14(21)9-17(16)22-20(23)28-11-18(25)13-3-6-15(27-2)7-4-13/h3-9,12,24H,10-11H2,1-2H3/t12-/m0/s1. The van der Waals surface area contributed by atoms with Crippen molar-refractivity contribution in [2.24, 2.45) is 0 Å². The molecule has 0 aliphatic rings. The Hall–Kier alpha value is -2.35. The summed E-state index contributed by atoms with van der Waals surface area (Å²) in [7, 11) is 1.56. The molecule has 1 atom stereocenters. The number of ketones is 1. The second kappa shape index (κ2) is 8.77. The first kappa shape index (κ1) is 20.4. The van der Waals surface area contributed by atoms with Gasteiger partial charge >= 0.3 is 0 Å². The molecule has 0 amide bonds. The molecule has 0 bridgehead atoms. The Labute approximate surface area is 171 Å². The maximum absolute atomic E-state index is 12.8. The average molecular weight is 419 g/mol. The third kappa shape index (κ3) is 4.55. The van der Waals surface area contributed by atoms with E-state index < -0.39 is 6.10 Å². The van der Waals surface area contributed by atoms with E-state index in [1.165, 1.54) is 4.57 Å². The first-order valence-corrected chi connectivity index (χ1v) is 9.93. The van der Waals surface area contributed by atoms with Gasteiger partial charge in [-0.3, -0.25) is 14.2 Å². The van der Waals surface area contributed by atoms with Crippen LogP contribution < -0.4 is 10.3 Å². The first-order chi connectivity index (χ1) is 13.4. The van der Waals surface area contributed by atoms with E-state index in [9.17, 15) is 14.7 Å². The number of aliphatic hydroxyl groups is 1. The molecule has 0 spiro atoms. The SMILES string of the molecule is COc1ccc(C(=O)CSc2nc3cc(Cl)ccc3c(=O)n2C[C@H](C)O)cc1. The number of nitrogens with zero attached hydrogens (tertiary/aromatic N) is 2. The van der Waals surface area contributed by atoms with Gasteiger partial charge in [0.25, 0.3) is 5.56 Å². The molecule has 0 unspecified atom stereocenters. The number of carbonyl (C=O) groups is 1. The van der Waals surface area contributed by atoms with Crippen LogP contribution in [0.3, 0.4) is 0 Å². The molecule has 0 fully saturated rings. The number of thioether (sulfide) groups is 1. The molecule has 0 aliphatic carbocycles. The number of benzene rings is 2. The molecule has 3 rings (SSSR count). The zero-order chi connectivity index (χ0) is 20.3. The summed E-state index contributed by atoms with van der Waals surface area (Å²) in [5.41, 5.74) is 0.724. The van der Waals surface area contributed by atoms with Crippen LogP contribution in [0.2, 0.25) is 5.02 Å². The van der Waals surface area contributed by atoms with Crippen molar-refractivity contribution in [2.75, 3.05) is 12.9 Å². The van der Waals surface area contributed by atoms with Gasteiger partial charge in [-0.05, 0) is 49.4 Å². The summed E-state index contributed by atoms with van der Waals surface area (Å²) in [5.74, 6) is 0.671. The number of aliphatic hydroxyl groups excluding tert-OH is 1. The Morgan fingerprint density at radius 2 is 2.00 bits per heavy atom. The molecule has 1 aromatic heterocycles. The van der Waals surface area contributed by atoms with E-state index in [0.29, 0.717) is 32.4 Å². The topological polar surface area (TPSA) is 81.4 Å². The number of rotatable bonds is 7. The van der Waals surface area contributed by atoms with Crippen molar-refractivity contribution >= 4 is 40.0 Å². The highest BCUT2D eigenvalue weighted by Crippen LogP contribution is 2.22. The van der Waals surface area contributed by atoms with E-state index in [4.69, 9.17) is 16.3 Å². The van der Waals surface area contributed by atoms with Gasteiger partial charge in [-0.1, -0.05) is 23.4 Å². The van der Waals surface area contributed by atoms with Gasteiger partial charge in [-0.2, -0.15) is 0 Å². The predicted molar refractivity (Wildman–Crippen MR) is 111 cm³/mol. The summed E-state index contributed by atoms with van der Waals surface area (Å²) in [4.78, 5) is 29.8. The van der Waals surface area contributed by atoms with Crippen LogP contribution in [-0.4, -0.2) is 39.4 Å². The van der Waals surface area contributed by atoms with Crippen LogP contribution in [0, 0.1) is 0 Å². The third-order valence-corrected chi connectivity index (χ3v) is 5.28. The molecule has 6 nitrogen and oxygen atoms in total. The van der Waals surface area contributed by atoms with Crippen molar-refractivity contribution in [3.8, 4) is 5.75 Å². The highest BCUT2D eigenvalue weighted by atomic mass is 35.5. The van der Waals surface area contributed by atoms with Crippen LogP contribution in [0.5, 0.6) is 5.75 Å². The number of fused-ring (bicyclic) bond motifs is 1. The minimum Gasteiger partial charge on any atom is -0.497 e. The van der Waals surface area contributed by atoms with E-state index in [-0.39, 0.29) is 23.6 Å². The normalized spacial score (nSPS) is 12.1.